The zero-order valence-corrected chi connectivity index (χ0v) is 23.5. The maximum Gasteiger partial charge on any atom is 0.702 e. The Hall–Kier alpha value is -3.90. The Bertz CT molecular complexity index is 1370. The van der Waals surface area contributed by atoms with Gasteiger partial charge in [0.25, 0.3) is 0 Å². The van der Waals surface area contributed by atoms with E-state index in [0.29, 0.717) is 0 Å². The van der Waals surface area contributed by atoms with Crippen LogP contribution in [0.5, 0.6) is 11.5 Å². The molecule has 7 nitrogen and oxygen atoms in total. The highest BCUT2D eigenvalue weighted by Gasteiger charge is 2.42. The van der Waals surface area contributed by atoms with Gasteiger partial charge >= 0.3 is 8.25 Å². The zero-order valence-electron chi connectivity index (χ0n) is 22.6. The standard InChI is InChI=1S/C32H32N2O5P/c1-36-27-15-11-25(12-16-27)33-21-19-23-7-3-5-9-29(23)31(33)38-40(35)39-32-30-10-6-4-8-24(30)20-22-34(32)26-13-17-28(37-2)18-14-26/h3-18,31-32H,19-22H2,1-2H3/q+1/t31-,32-/m0/s1. The molecule has 2 atom stereocenters. The molecule has 0 fully saturated rings. The van der Waals surface area contributed by atoms with Crippen molar-refractivity contribution < 1.29 is 23.1 Å². The van der Waals surface area contributed by atoms with E-state index >= 15 is 0 Å². The first-order valence-corrected chi connectivity index (χ1v) is 14.5. The van der Waals surface area contributed by atoms with Crippen molar-refractivity contribution in [3.05, 3.63) is 119 Å². The predicted octanol–water partition coefficient (Wildman–Crippen LogP) is 7.22. The Labute approximate surface area is 235 Å². The van der Waals surface area contributed by atoms with Crippen LogP contribution in [0.15, 0.2) is 97.1 Å². The minimum absolute atomic E-state index is 0.560. The molecule has 6 rings (SSSR count). The van der Waals surface area contributed by atoms with Gasteiger partial charge in [0.15, 0.2) is 0 Å². The second-order valence-electron chi connectivity index (χ2n) is 9.82. The maximum atomic E-state index is 13.8. The summed E-state index contributed by atoms with van der Waals surface area (Å²) in [4.78, 5) is 4.27. The summed E-state index contributed by atoms with van der Waals surface area (Å²) in [5.41, 5.74) is 6.28. The van der Waals surface area contributed by atoms with Gasteiger partial charge in [-0.25, -0.2) is 0 Å². The average Bonchev–Trinajstić information content (AvgIpc) is 3.01. The Morgan fingerprint density at radius 2 is 1.00 bits per heavy atom. The number of hydrogen-bond donors (Lipinski definition) is 0. The van der Waals surface area contributed by atoms with Crippen LogP contribution >= 0.6 is 8.25 Å². The number of rotatable bonds is 8. The molecule has 8 heteroatoms. The second-order valence-corrected chi connectivity index (χ2v) is 10.7. The van der Waals surface area contributed by atoms with Crippen LogP contribution in [0, 0.1) is 0 Å². The molecule has 40 heavy (non-hydrogen) atoms. The number of methoxy groups -OCH3 is 2. The highest BCUT2D eigenvalue weighted by Crippen LogP contribution is 2.46. The van der Waals surface area contributed by atoms with Crippen molar-refractivity contribution in [3.8, 4) is 11.5 Å². The highest BCUT2D eigenvalue weighted by atomic mass is 31.1. The van der Waals surface area contributed by atoms with Crippen LogP contribution in [0.4, 0.5) is 11.4 Å². The SMILES string of the molecule is COc1ccc(N2CCc3ccccc3[C@@H]2O[P+](=O)O[C@H]2c3ccccc3CCN2c2ccc(OC)cc2)cc1. The molecule has 2 aliphatic rings. The number of nitrogens with zero attached hydrogens (tertiary/aromatic N) is 2. The number of benzene rings is 4. The summed E-state index contributed by atoms with van der Waals surface area (Å²) in [5.74, 6) is 1.56. The van der Waals surface area contributed by atoms with E-state index in [1.54, 1.807) is 14.2 Å². The van der Waals surface area contributed by atoms with Crippen LogP contribution in [0.3, 0.4) is 0 Å². The quantitative estimate of drug-likeness (QED) is 0.213. The summed E-state index contributed by atoms with van der Waals surface area (Å²) in [6.07, 6.45) is 0.604. The van der Waals surface area contributed by atoms with Gasteiger partial charge in [-0.05, 0) is 72.5 Å². The predicted molar refractivity (Wildman–Crippen MR) is 156 cm³/mol. The first kappa shape index (κ1) is 26.3. The van der Waals surface area contributed by atoms with Gasteiger partial charge in [-0.3, -0.25) is 0 Å². The van der Waals surface area contributed by atoms with Crippen LogP contribution in [0.25, 0.3) is 0 Å². The molecule has 0 spiro atoms. The molecular formula is C32H32N2O5P+. The fraction of sp³-hybridized carbons (Fsp3) is 0.250. The lowest BCUT2D eigenvalue weighted by molar-refractivity contribution is 0.119. The largest absolute Gasteiger partial charge is 0.702 e. The topological polar surface area (TPSA) is 60.5 Å². The number of ether oxygens (including phenoxy) is 2. The van der Waals surface area contributed by atoms with E-state index in [2.05, 4.69) is 21.9 Å². The lowest BCUT2D eigenvalue weighted by atomic mass is 9.98. The van der Waals surface area contributed by atoms with Crippen molar-refractivity contribution >= 4 is 19.6 Å². The highest BCUT2D eigenvalue weighted by molar-refractivity contribution is 7.33. The zero-order chi connectivity index (χ0) is 27.5. The van der Waals surface area contributed by atoms with E-state index in [1.807, 2.05) is 84.9 Å². The van der Waals surface area contributed by atoms with Crippen molar-refractivity contribution in [2.75, 3.05) is 37.1 Å². The van der Waals surface area contributed by atoms with E-state index < -0.39 is 20.7 Å². The second kappa shape index (κ2) is 11.7. The van der Waals surface area contributed by atoms with Crippen molar-refractivity contribution in [2.45, 2.75) is 25.3 Å². The van der Waals surface area contributed by atoms with Gasteiger partial charge in [0.1, 0.15) is 11.5 Å². The normalized spacial score (nSPS) is 18.1. The maximum absolute atomic E-state index is 13.8. The molecule has 0 unspecified atom stereocenters. The van der Waals surface area contributed by atoms with E-state index in [-0.39, 0.29) is 0 Å². The summed E-state index contributed by atoms with van der Waals surface area (Å²) in [7, 11) is 0.792. The van der Waals surface area contributed by atoms with Crippen molar-refractivity contribution in [2.24, 2.45) is 0 Å². The summed E-state index contributed by atoms with van der Waals surface area (Å²) < 4.78 is 37.1. The minimum atomic E-state index is -2.51. The fourth-order valence-electron chi connectivity index (χ4n) is 5.55. The van der Waals surface area contributed by atoms with Crippen LogP contribution < -0.4 is 19.3 Å². The van der Waals surface area contributed by atoms with Crippen LogP contribution in [0.2, 0.25) is 0 Å². The molecule has 2 aliphatic heterocycles. The molecule has 0 aromatic heterocycles. The van der Waals surface area contributed by atoms with Gasteiger partial charge in [-0.1, -0.05) is 57.6 Å². The fourth-order valence-corrected chi connectivity index (χ4v) is 6.38. The summed E-state index contributed by atoms with van der Waals surface area (Å²) >= 11 is 0. The molecule has 0 aliphatic carbocycles. The molecule has 204 valence electrons. The van der Waals surface area contributed by atoms with Crippen LogP contribution in [-0.2, 0) is 26.5 Å². The molecule has 0 amide bonds. The number of hydrogen-bond acceptors (Lipinski definition) is 7. The number of anilines is 2. The van der Waals surface area contributed by atoms with Crippen molar-refractivity contribution in [3.63, 3.8) is 0 Å². The Balaban J connectivity index is 1.30. The lowest BCUT2D eigenvalue weighted by Crippen LogP contribution is -2.37. The Morgan fingerprint density at radius 1 is 0.600 bits per heavy atom. The Morgan fingerprint density at radius 3 is 1.40 bits per heavy atom. The molecule has 0 saturated heterocycles. The van der Waals surface area contributed by atoms with E-state index in [0.717, 1.165) is 59.9 Å². The molecule has 4 aromatic rings. The monoisotopic (exact) mass is 555 g/mol. The van der Waals surface area contributed by atoms with Crippen LogP contribution in [-0.4, -0.2) is 27.3 Å². The minimum Gasteiger partial charge on any atom is -0.497 e. The van der Waals surface area contributed by atoms with Crippen molar-refractivity contribution in [1.82, 2.24) is 0 Å². The van der Waals surface area contributed by atoms with Crippen LogP contribution in [0.1, 0.15) is 34.7 Å². The summed E-state index contributed by atoms with van der Waals surface area (Å²) in [6, 6.07) is 32.0. The van der Waals surface area contributed by atoms with Crippen molar-refractivity contribution in [1.29, 1.82) is 0 Å². The third-order valence-corrected chi connectivity index (χ3v) is 8.38. The first-order valence-electron chi connectivity index (χ1n) is 13.4. The smallest absolute Gasteiger partial charge is 0.497 e. The third-order valence-electron chi connectivity index (χ3n) is 7.63. The molecule has 0 radical (unpaired) electrons. The van der Waals surface area contributed by atoms with E-state index in [1.165, 1.54) is 11.1 Å². The van der Waals surface area contributed by atoms with E-state index in [9.17, 15) is 4.57 Å². The first-order chi connectivity index (χ1) is 19.6. The lowest BCUT2D eigenvalue weighted by Gasteiger charge is -2.36. The summed E-state index contributed by atoms with van der Waals surface area (Å²) in [6.45, 7) is 1.45. The van der Waals surface area contributed by atoms with Gasteiger partial charge in [0, 0.05) is 40.2 Å². The van der Waals surface area contributed by atoms with Gasteiger partial charge < -0.3 is 19.3 Å². The van der Waals surface area contributed by atoms with Gasteiger partial charge in [0.05, 0.1) is 14.2 Å². The van der Waals surface area contributed by atoms with Gasteiger partial charge in [-0.2, -0.15) is 0 Å². The molecular weight excluding hydrogens is 523 g/mol. The molecule has 0 saturated carbocycles. The molecule has 0 bridgehead atoms. The Kier molecular flexibility index (Phi) is 7.69. The molecule has 0 N–H and O–H groups in total. The van der Waals surface area contributed by atoms with Gasteiger partial charge in [0.2, 0.25) is 12.5 Å². The number of fused-ring (bicyclic) bond motifs is 2. The summed E-state index contributed by atoms with van der Waals surface area (Å²) in [5, 5.41) is 0. The van der Waals surface area contributed by atoms with E-state index in [4.69, 9.17) is 18.5 Å². The molecule has 2 heterocycles. The third kappa shape index (κ3) is 5.28. The average molecular weight is 556 g/mol. The molecule has 4 aromatic carbocycles. The van der Waals surface area contributed by atoms with Gasteiger partial charge in [-0.15, -0.1) is 0 Å².